The molecule has 14 heteroatoms. The maximum atomic E-state index is 12.4. The summed E-state index contributed by atoms with van der Waals surface area (Å²) in [4.78, 5) is 34.4. The highest BCUT2D eigenvalue weighted by Gasteiger charge is 2.38. The van der Waals surface area contributed by atoms with Crippen LogP contribution in [0.4, 0.5) is 32.0 Å². The largest absolute Gasteiger partial charge is 0.490 e. The first-order valence-electron chi connectivity index (χ1n) is 10.6. The minimum Gasteiger partial charge on any atom is -0.475 e. The molecule has 1 fully saturated rings. The number of nitrogens with zero attached hydrogens (tertiary/aromatic N) is 2. The third-order valence-electron chi connectivity index (χ3n) is 5.33. The molecule has 3 rings (SSSR count). The molecule has 8 nitrogen and oxygen atoms in total. The highest BCUT2D eigenvalue weighted by Crippen LogP contribution is 2.29. The van der Waals surface area contributed by atoms with Crippen molar-refractivity contribution in [2.75, 3.05) is 31.6 Å². The van der Waals surface area contributed by atoms with Crippen molar-refractivity contribution in [3.63, 3.8) is 0 Å². The average Bonchev–Trinajstić information content (AvgIpc) is 3.42. The quantitative estimate of drug-likeness (QED) is 0.398. The molecule has 0 saturated carbocycles. The summed E-state index contributed by atoms with van der Waals surface area (Å²) in [6.07, 6.45) is -6.44. The number of alkyl halides is 6. The van der Waals surface area contributed by atoms with Crippen LogP contribution in [-0.4, -0.2) is 72.0 Å². The Hall–Kier alpha value is -3.13. The van der Waals surface area contributed by atoms with Gasteiger partial charge in [-0.1, -0.05) is 18.7 Å². The Bertz CT molecular complexity index is 912. The SMILES string of the molecule is C=CC(=O)N(CCC1CCN(C)C1)c1cccc2c1CNC2.O=C(O)C(F)(F)F.O=C(O)C(F)(F)F. The molecule has 1 aromatic rings. The average molecular weight is 527 g/mol. The van der Waals surface area contributed by atoms with E-state index in [1.807, 2.05) is 11.0 Å². The van der Waals surface area contributed by atoms with Gasteiger partial charge in [0.25, 0.3) is 0 Å². The second-order valence-corrected chi connectivity index (χ2v) is 8.02. The molecule has 0 aromatic heterocycles. The standard InChI is InChI=1S/C18H25N3O.2C2HF3O2/c1-3-18(22)21(10-8-14-7-9-20(2)13-14)17-6-4-5-15-11-19-12-16(15)17;2*3-2(4,5)1(6)7/h3-6,14,19H,1,7-13H2,2H3;2*(H,6,7). The van der Waals surface area contributed by atoms with Gasteiger partial charge in [-0.15, -0.1) is 0 Å². The molecule has 0 aliphatic carbocycles. The van der Waals surface area contributed by atoms with Crippen molar-refractivity contribution in [3.8, 4) is 0 Å². The van der Waals surface area contributed by atoms with Gasteiger partial charge in [-0.05, 0) is 55.6 Å². The monoisotopic (exact) mass is 527 g/mol. The van der Waals surface area contributed by atoms with Gasteiger partial charge in [0.1, 0.15) is 0 Å². The number of halogens is 6. The van der Waals surface area contributed by atoms with Crippen LogP contribution >= 0.6 is 0 Å². The van der Waals surface area contributed by atoms with Crippen molar-refractivity contribution < 1.29 is 50.9 Å². The number of hydrogen-bond donors (Lipinski definition) is 3. The smallest absolute Gasteiger partial charge is 0.475 e. The highest BCUT2D eigenvalue weighted by atomic mass is 19.4. The summed E-state index contributed by atoms with van der Waals surface area (Å²) in [6.45, 7) is 8.51. The van der Waals surface area contributed by atoms with Crippen LogP contribution in [0.15, 0.2) is 30.9 Å². The zero-order chi connectivity index (χ0) is 27.7. The fraction of sp³-hybridized carbons (Fsp3) is 0.500. The molecule has 2 aliphatic rings. The highest BCUT2D eigenvalue weighted by molar-refractivity contribution is 6.01. The second-order valence-electron chi connectivity index (χ2n) is 8.02. The maximum absolute atomic E-state index is 12.4. The molecule has 1 atom stereocenters. The Morgan fingerprint density at radius 3 is 2.11 bits per heavy atom. The molecule has 202 valence electrons. The molecular formula is C22H27F6N3O5. The molecule has 1 unspecified atom stereocenters. The molecule has 2 heterocycles. The first-order valence-corrected chi connectivity index (χ1v) is 10.6. The summed E-state index contributed by atoms with van der Waals surface area (Å²) < 4.78 is 63.5. The summed E-state index contributed by atoms with van der Waals surface area (Å²) in [6, 6.07) is 6.25. The second kappa shape index (κ2) is 13.3. The Labute approximate surface area is 203 Å². The van der Waals surface area contributed by atoms with Crippen LogP contribution in [0.25, 0.3) is 0 Å². The van der Waals surface area contributed by atoms with Crippen LogP contribution in [0, 0.1) is 5.92 Å². The number of carbonyl (C=O) groups is 3. The van der Waals surface area contributed by atoms with E-state index in [4.69, 9.17) is 19.8 Å². The predicted molar refractivity (Wildman–Crippen MR) is 117 cm³/mol. The van der Waals surface area contributed by atoms with Crippen molar-refractivity contribution in [1.82, 2.24) is 10.2 Å². The number of amides is 1. The van der Waals surface area contributed by atoms with Gasteiger partial charge in [-0.3, -0.25) is 4.79 Å². The lowest BCUT2D eigenvalue weighted by atomic mass is 10.0. The van der Waals surface area contributed by atoms with Crippen LogP contribution in [-0.2, 0) is 27.5 Å². The van der Waals surface area contributed by atoms with E-state index in [9.17, 15) is 31.1 Å². The van der Waals surface area contributed by atoms with Gasteiger partial charge in [-0.25, -0.2) is 9.59 Å². The zero-order valence-corrected chi connectivity index (χ0v) is 19.3. The molecule has 0 bridgehead atoms. The molecule has 1 saturated heterocycles. The molecule has 1 aromatic carbocycles. The van der Waals surface area contributed by atoms with Gasteiger partial charge in [0, 0.05) is 31.9 Å². The number of likely N-dealkylation sites (tertiary alicyclic amines) is 1. The van der Waals surface area contributed by atoms with Gasteiger partial charge in [0.15, 0.2) is 0 Å². The first-order chi connectivity index (χ1) is 16.6. The third-order valence-corrected chi connectivity index (χ3v) is 5.33. The number of carbonyl (C=O) groups excluding carboxylic acids is 1. The van der Waals surface area contributed by atoms with Crippen LogP contribution in [0.1, 0.15) is 24.0 Å². The number of anilines is 1. The minimum atomic E-state index is -5.08. The van der Waals surface area contributed by atoms with E-state index in [1.165, 1.54) is 30.2 Å². The fourth-order valence-corrected chi connectivity index (χ4v) is 3.60. The lowest BCUT2D eigenvalue weighted by Crippen LogP contribution is -2.32. The van der Waals surface area contributed by atoms with Gasteiger partial charge in [0.05, 0.1) is 0 Å². The van der Waals surface area contributed by atoms with E-state index in [1.54, 1.807) is 0 Å². The molecule has 0 radical (unpaired) electrons. The molecule has 36 heavy (non-hydrogen) atoms. The van der Waals surface area contributed by atoms with Crippen LogP contribution in [0.2, 0.25) is 0 Å². The van der Waals surface area contributed by atoms with Crippen molar-refractivity contribution in [2.45, 2.75) is 38.3 Å². The van der Waals surface area contributed by atoms with Crippen LogP contribution in [0.5, 0.6) is 0 Å². The number of fused-ring (bicyclic) bond motifs is 1. The summed E-state index contributed by atoms with van der Waals surface area (Å²) in [7, 11) is 2.17. The number of hydrogen-bond acceptors (Lipinski definition) is 5. The van der Waals surface area contributed by atoms with Crippen LogP contribution in [0.3, 0.4) is 0 Å². The molecule has 3 N–H and O–H groups in total. The lowest BCUT2D eigenvalue weighted by Gasteiger charge is -2.25. The minimum absolute atomic E-state index is 0.00616. The van der Waals surface area contributed by atoms with E-state index < -0.39 is 24.3 Å². The van der Waals surface area contributed by atoms with Crippen molar-refractivity contribution >= 4 is 23.5 Å². The molecule has 2 aliphatic heterocycles. The van der Waals surface area contributed by atoms with E-state index in [0.29, 0.717) is 5.92 Å². The Balaban J connectivity index is 0.000000383. The number of nitrogens with one attached hydrogen (secondary N) is 1. The Kier molecular flexibility index (Phi) is 11.4. The number of aliphatic carboxylic acids is 2. The summed E-state index contributed by atoms with van der Waals surface area (Å²) in [5.41, 5.74) is 3.62. The van der Waals surface area contributed by atoms with Gasteiger partial charge < -0.3 is 25.3 Å². The summed E-state index contributed by atoms with van der Waals surface area (Å²) >= 11 is 0. The maximum Gasteiger partial charge on any atom is 0.490 e. The molecule has 0 spiro atoms. The molecule has 1 amide bonds. The topological polar surface area (TPSA) is 110 Å². The number of carboxylic acids is 2. The number of carboxylic acid groups (broad SMARTS) is 2. The van der Waals surface area contributed by atoms with Crippen molar-refractivity contribution in [2.24, 2.45) is 5.92 Å². The number of rotatable bonds is 5. The Morgan fingerprint density at radius 1 is 1.11 bits per heavy atom. The lowest BCUT2D eigenvalue weighted by molar-refractivity contribution is -0.193. The summed E-state index contributed by atoms with van der Waals surface area (Å²) in [5, 5.41) is 17.6. The number of benzene rings is 1. The van der Waals surface area contributed by atoms with E-state index in [2.05, 4.69) is 36.0 Å². The third kappa shape index (κ3) is 9.85. The molecular weight excluding hydrogens is 500 g/mol. The van der Waals surface area contributed by atoms with Crippen molar-refractivity contribution in [3.05, 3.63) is 42.0 Å². The predicted octanol–water partition coefficient (Wildman–Crippen LogP) is 3.42. The van der Waals surface area contributed by atoms with Gasteiger partial charge >= 0.3 is 24.3 Å². The normalized spacial score (nSPS) is 17.1. The van der Waals surface area contributed by atoms with Crippen LogP contribution < -0.4 is 10.2 Å². The van der Waals surface area contributed by atoms with Gasteiger partial charge in [0.2, 0.25) is 5.91 Å². The Morgan fingerprint density at radius 2 is 1.67 bits per heavy atom. The van der Waals surface area contributed by atoms with Crippen molar-refractivity contribution in [1.29, 1.82) is 0 Å². The van der Waals surface area contributed by atoms with E-state index >= 15 is 0 Å². The zero-order valence-electron chi connectivity index (χ0n) is 19.3. The fourth-order valence-electron chi connectivity index (χ4n) is 3.60. The van der Waals surface area contributed by atoms with Gasteiger partial charge in [-0.2, -0.15) is 26.3 Å². The van der Waals surface area contributed by atoms with E-state index in [-0.39, 0.29) is 5.91 Å². The summed E-state index contributed by atoms with van der Waals surface area (Å²) in [5.74, 6) is -4.81. The van der Waals surface area contributed by atoms with E-state index in [0.717, 1.165) is 38.3 Å². The first kappa shape index (κ1) is 30.9.